The largest absolute Gasteiger partial charge is 0.410 e. The molecule has 0 spiro atoms. The van der Waals surface area contributed by atoms with Gasteiger partial charge in [0.1, 0.15) is 16.7 Å². The van der Waals surface area contributed by atoms with Crippen LogP contribution in [0, 0.1) is 5.82 Å². The summed E-state index contributed by atoms with van der Waals surface area (Å²) in [5, 5.41) is 6.80. The Morgan fingerprint density at radius 2 is 1.79 bits per heavy atom. The lowest BCUT2D eigenvalue weighted by molar-refractivity contribution is -0.173. The van der Waals surface area contributed by atoms with E-state index in [2.05, 4.69) is 10.4 Å². The number of hydrogen-bond donors (Lipinski definition) is 1. The molecular weight excluding hydrogens is 412 g/mol. The molecule has 156 valence electrons. The number of nitrogens with zero attached hydrogens (tertiary/aromatic N) is 3. The zero-order valence-corrected chi connectivity index (χ0v) is 16.1. The number of nitrogens with one attached hydrogen (secondary N) is 1. The van der Waals surface area contributed by atoms with Gasteiger partial charge in [-0.05, 0) is 37.0 Å². The lowest BCUT2D eigenvalue weighted by Gasteiger charge is -2.33. The maximum Gasteiger partial charge on any atom is 0.410 e. The lowest BCUT2D eigenvalue weighted by Crippen LogP contribution is -2.37. The zero-order valence-electron chi connectivity index (χ0n) is 15.3. The van der Waals surface area contributed by atoms with Gasteiger partial charge in [0.2, 0.25) is 0 Å². The van der Waals surface area contributed by atoms with Gasteiger partial charge in [-0.15, -0.1) is 0 Å². The molecule has 2 aliphatic rings. The number of piperidine rings is 1. The van der Waals surface area contributed by atoms with Crippen molar-refractivity contribution in [3.8, 4) is 0 Å². The van der Waals surface area contributed by atoms with E-state index in [-0.39, 0.29) is 23.0 Å². The van der Waals surface area contributed by atoms with E-state index < -0.39 is 30.0 Å². The molecule has 1 N–H and O–H groups in total. The first-order chi connectivity index (χ1) is 13.8. The molecule has 4 rings (SSSR count). The normalized spacial score (nSPS) is 22.2. The van der Waals surface area contributed by atoms with Crippen LogP contribution in [0.2, 0.25) is 5.02 Å². The Morgan fingerprint density at radius 3 is 2.41 bits per heavy atom. The van der Waals surface area contributed by atoms with Gasteiger partial charge in [-0.25, -0.2) is 9.07 Å². The smallest absolute Gasteiger partial charge is 0.362 e. The average Bonchev–Trinajstić information content (AvgIpc) is 3.04. The van der Waals surface area contributed by atoms with Crippen LogP contribution in [0.5, 0.6) is 0 Å². The predicted molar refractivity (Wildman–Crippen MR) is 99.5 cm³/mol. The number of aromatic nitrogens is 2. The molecule has 2 atom stereocenters. The van der Waals surface area contributed by atoms with Crippen molar-refractivity contribution < 1.29 is 22.4 Å². The third-order valence-electron chi connectivity index (χ3n) is 5.41. The van der Waals surface area contributed by atoms with Gasteiger partial charge in [-0.2, -0.15) is 18.3 Å². The number of amides is 1. The molecule has 2 unspecified atom stereocenters. The molecule has 1 saturated heterocycles. The summed E-state index contributed by atoms with van der Waals surface area (Å²) in [5.41, 5.74) is 0.318. The Morgan fingerprint density at radius 1 is 1.14 bits per heavy atom. The van der Waals surface area contributed by atoms with E-state index in [9.17, 15) is 22.4 Å². The van der Waals surface area contributed by atoms with Crippen LogP contribution in [-0.4, -0.2) is 39.9 Å². The number of benzene rings is 1. The van der Waals surface area contributed by atoms with E-state index in [1.807, 2.05) is 0 Å². The van der Waals surface area contributed by atoms with Crippen molar-refractivity contribution in [1.29, 1.82) is 0 Å². The van der Waals surface area contributed by atoms with Crippen LogP contribution in [0.4, 0.5) is 23.4 Å². The van der Waals surface area contributed by atoms with Crippen LogP contribution >= 0.6 is 11.6 Å². The number of fused-ring (bicyclic) bond motifs is 1. The van der Waals surface area contributed by atoms with Gasteiger partial charge >= 0.3 is 6.18 Å². The molecule has 10 heteroatoms. The molecule has 0 saturated carbocycles. The molecular formula is C19H19ClF4N4O. The van der Waals surface area contributed by atoms with E-state index >= 15 is 0 Å². The topological polar surface area (TPSA) is 50.2 Å². The number of carbonyl (C=O) groups excluding carboxylic acids is 1. The molecule has 2 aliphatic heterocycles. The van der Waals surface area contributed by atoms with Gasteiger partial charge in [0.15, 0.2) is 11.7 Å². The van der Waals surface area contributed by atoms with Crippen molar-refractivity contribution in [3.63, 3.8) is 0 Å². The second-order valence-electron chi connectivity index (χ2n) is 7.35. The highest BCUT2D eigenvalue weighted by Gasteiger charge is 2.48. The van der Waals surface area contributed by atoms with Crippen LogP contribution in [0.1, 0.15) is 53.8 Å². The van der Waals surface area contributed by atoms with Crippen molar-refractivity contribution in [2.24, 2.45) is 0 Å². The van der Waals surface area contributed by atoms with Crippen LogP contribution in [0.3, 0.4) is 0 Å². The molecule has 2 aromatic rings. The number of likely N-dealkylation sites (tertiary alicyclic amines) is 1. The molecule has 0 radical (unpaired) electrons. The highest BCUT2D eigenvalue weighted by atomic mass is 35.5. The summed E-state index contributed by atoms with van der Waals surface area (Å²) in [6.07, 6.45) is -2.25. The standard InChI is InChI=1S/C19H19ClF4N4O/c20-15-16(18(29)27-8-2-1-3-9-27)26-28-14(19(22,23)24)10-13(25-17(15)28)11-4-6-12(21)7-5-11/h4-7,13-14,25H,1-3,8-10H2. The van der Waals surface area contributed by atoms with Crippen LogP contribution in [0.15, 0.2) is 24.3 Å². The van der Waals surface area contributed by atoms with Gasteiger partial charge < -0.3 is 10.2 Å². The third-order valence-corrected chi connectivity index (χ3v) is 5.77. The van der Waals surface area contributed by atoms with Crippen LogP contribution in [0.25, 0.3) is 0 Å². The number of hydrogen-bond acceptors (Lipinski definition) is 3. The van der Waals surface area contributed by atoms with E-state index in [0.717, 1.165) is 23.9 Å². The number of carbonyl (C=O) groups is 1. The van der Waals surface area contributed by atoms with Gasteiger partial charge in [-0.1, -0.05) is 23.7 Å². The molecule has 1 amide bonds. The fourth-order valence-corrected chi connectivity index (χ4v) is 4.15. The average molecular weight is 431 g/mol. The molecule has 5 nitrogen and oxygen atoms in total. The molecule has 0 bridgehead atoms. The number of alkyl halides is 3. The van der Waals surface area contributed by atoms with Gasteiger partial charge in [0, 0.05) is 19.5 Å². The third kappa shape index (κ3) is 3.80. The fourth-order valence-electron chi connectivity index (χ4n) is 3.89. The Bertz CT molecular complexity index is 906. The second-order valence-corrected chi connectivity index (χ2v) is 7.73. The lowest BCUT2D eigenvalue weighted by atomic mass is 9.97. The van der Waals surface area contributed by atoms with Crippen molar-refractivity contribution in [3.05, 3.63) is 46.4 Å². The summed E-state index contributed by atoms with van der Waals surface area (Å²) in [6.45, 7) is 1.07. The van der Waals surface area contributed by atoms with Crippen molar-refractivity contribution in [2.75, 3.05) is 18.4 Å². The summed E-state index contributed by atoms with van der Waals surface area (Å²) in [6, 6.07) is 2.55. The zero-order chi connectivity index (χ0) is 20.8. The summed E-state index contributed by atoms with van der Waals surface area (Å²) < 4.78 is 55.3. The van der Waals surface area contributed by atoms with Gasteiger partial charge in [0.05, 0.1) is 6.04 Å². The Balaban J connectivity index is 1.71. The minimum atomic E-state index is -4.59. The number of anilines is 1. The Kier molecular flexibility index (Phi) is 5.18. The molecule has 1 aromatic carbocycles. The fraction of sp³-hybridized carbons (Fsp3) is 0.474. The van der Waals surface area contributed by atoms with E-state index in [1.54, 1.807) is 4.90 Å². The highest BCUT2D eigenvalue weighted by molar-refractivity contribution is 6.36. The summed E-state index contributed by atoms with van der Waals surface area (Å²) in [4.78, 5) is 14.4. The van der Waals surface area contributed by atoms with E-state index in [0.29, 0.717) is 18.7 Å². The molecule has 3 heterocycles. The quantitative estimate of drug-likeness (QED) is 0.685. The first-order valence-corrected chi connectivity index (χ1v) is 9.79. The van der Waals surface area contributed by atoms with E-state index in [4.69, 9.17) is 11.6 Å². The highest BCUT2D eigenvalue weighted by Crippen LogP contribution is 2.46. The van der Waals surface area contributed by atoms with Crippen LogP contribution in [-0.2, 0) is 0 Å². The Hall–Kier alpha value is -2.29. The van der Waals surface area contributed by atoms with Crippen LogP contribution < -0.4 is 5.32 Å². The van der Waals surface area contributed by atoms with Gasteiger partial charge in [0.25, 0.3) is 5.91 Å². The molecule has 29 heavy (non-hydrogen) atoms. The molecule has 1 aromatic heterocycles. The minimum absolute atomic E-state index is 0.0464. The SMILES string of the molecule is O=C(c1nn2c(c1Cl)NC(c1ccc(F)cc1)CC2C(F)(F)F)N1CCCCC1. The van der Waals surface area contributed by atoms with Crippen molar-refractivity contribution >= 4 is 23.3 Å². The minimum Gasteiger partial charge on any atom is -0.362 e. The molecule has 1 fully saturated rings. The summed E-state index contributed by atoms with van der Waals surface area (Å²) in [7, 11) is 0. The van der Waals surface area contributed by atoms with E-state index in [1.165, 1.54) is 24.3 Å². The Labute approximate surface area is 169 Å². The van der Waals surface area contributed by atoms with Crippen molar-refractivity contribution in [2.45, 2.75) is 43.9 Å². The predicted octanol–water partition coefficient (Wildman–Crippen LogP) is 4.96. The monoisotopic (exact) mass is 430 g/mol. The number of rotatable bonds is 2. The van der Waals surface area contributed by atoms with Crippen molar-refractivity contribution in [1.82, 2.24) is 14.7 Å². The number of halogens is 5. The summed E-state index contributed by atoms with van der Waals surface area (Å²) in [5.74, 6) is -0.984. The molecule has 0 aliphatic carbocycles. The summed E-state index contributed by atoms with van der Waals surface area (Å²) >= 11 is 6.33. The first kappa shape index (κ1) is 20.0. The van der Waals surface area contributed by atoms with Gasteiger partial charge in [-0.3, -0.25) is 4.79 Å². The maximum absolute atomic E-state index is 13.8. The maximum atomic E-state index is 13.8. The first-order valence-electron chi connectivity index (χ1n) is 9.41. The second kappa shape index (κ2) is 7.51.